The number of piperazine rings is 1. The fourth-order valence-electron chi connectivity index (χ4n) is 12.8. The molecule has 93 heavy (non-hydrogen) atoms. The van der Waals surface area contributed by atoms with Crippen molar-refractivity contribution in [2.24, 2.45) is 10.6 Å². The van der Waals surface area contributed by atoms with Crippen LogP contribution in [0.1, 0.15) is 113 Å². The first-order valence-corrected chi connectivity index (χ1v) is 34.8. The first-order valence-electron chi connectivity index (χ1n) is 31.5. The number of allylic oxidation sites excluding steroid dienone is 1. The largest absolute Gasteiger partial charge is 0.501 e. The average molecular weight is 1360 g/mol. The van der Waals surface area contributed by atoms with Crippen LogP contribution in [0.3, 0.4) is 0 Å². The molecule has 5 N–H and O–H groups in total. The number of nitrogens with zero attached hydrogens (tertiary/aromatic N) is 5. The van der Waals surface area contributed by atoms with Crippen molar-refractivity contribution in [3.8, 4) is 0 Å². The van der Waals surface area contributed by atoms with Gasteiger partial charge in [-0.05, 0) is 147 Å². The first kappa shape index (κ1) is 72.1. The number of imide groups is 1. The van der Waals surface area contributed by atoms with Gasteiger partial charge in [0, 0.05) is 130 Å². The van der Waals surface area contributed by atoms with E-state index in [0.29, 0.717) is 120 Å². The molecule has 500 valence electrons. The second-order valence-electron chi connectivity index (χ2n) is 23.9. The molecule has 3 fully saturated rings. The Labute approximate surface area is 558 Å². The summed E-state index contributed by atoms with van der Waals surface area (Å²) in [5.41, 5.74) is -0.353. The van der Waals surface area contributed by atoms with Crippen LogP contribution in [0.2, 0.25) is 5.02 Å². The second kappa shape index (κ2) is 34.1. The standard InChI is InChI=1S/C68H80ClF3N8O9S2.H3NS/c1-3-9-61(65(85)74-47-82)76(2)66(86)57-12-7-13-59(58(57)45-81)73-30-8-14-63(83)80-32-28-67(29-33-80)27-25-56(48-15-20-52(69)21-16-48)51(43-67)44-78-34-36-79(37-35-78)54-22-17-49(18-23-54)64(84)50-19-24-60(62(42-50)91(87,88)68(70,71)72)75-53(26-31-77-38-40-89-41-39-77)46-90-55-10-5-4-6-11-55;1-2/h4-7,10-13,15-24,42,45,47,53,61,73,75H,3,8-9,14,25-41,43-44,46H2,1-2H3,(H,74,82,85);2H,1H2. The van der Waals surface area contributed by atoms with E-state index in [1.165, 1.54) is 53.1 Å². The monoisotopic (exact) mass is 1360 g/mol. The summed E-state index contributed by atoms with van der Waals surface area (Å²) in [5.74, 6) is -1.25. The van der Waals surface area contributed by atoms with Crippen LogP contribution in [0.4, 0.5) is 30.2 Å². The number of morpholine rings is 1. The summed E-state index contributed by atoms with van der Waals surface area (Å²) in [4.78, 5) is 87.4. The number of hydrogen-bond acceptors (Lipinski definition) is 17. The van der Waals surface area contributed by atoms with Gasteiger partial charge in [-0.1, -0.05) is 66.9 Å². The summed E-state index contributed by atoms with van der Waals surface area (Å²) >= 11 is 10.9. The first-order chi connectivity index (χ1) is 44.8. The lowest BCUT2D eigenvalue weighted by atomic mass is 9.65. The number of nitrogens with two attached hydrogens (primary N) is 1. The lowest BCUT2D eigenvalue weighted by molar-refractivity contribution is -0.134. The van der Waals surface area contributed by atoms with E-state index in [9.17, 15) is 50.4 Å². The molecule has 5 aromatic carbocycles. The number of halogens is 4. The fourth-order valence-corrected chi connectivity index (χ4v) is 14.9. The quantitative estimate of drug-likeness (QED) is 0.0108. The van der Waals surface area contributed by atoms with E-state index < -0.39 is 49.9 Å². The van der Waals surface area contributed by atoms with E-state index in [1.54, 1.807) is 24.3 Å². The Balaban J connectivity index is 0.00000550. The highest BCUT2D eigenvalue weighted by atomic mass is 35.5. The minimum atomic E-state index is -5.89. The molecule has 1 aliphatic carbocycles. The number of alkyl halides is 3. The molecule has 0 bridgehead atoms. The molecule has 3 aliphatic heterocycles. The number of hydrogen-bond donors (Lipinski definition) is 5. The van der Waals surface area contributed by atoms with Crippen molar-refractivity contribution in [2.75, 3.05) is 114 Å². The number of thioether (sulfide) groups is 1. The number of carbonyl (C=O) groups excluding carboxylic acids is 6. The Kier molecular flexibility index (Phi) is 26.4. The molecule has 18 nitrogen and oxygen atoms in total. The zero-order chi connectivity index (χ0) is 66.7. The molecule has 2 atom stereocenters. The molecule has 5 aromatic rings. The third kappa shape index (κ3) is 18.8. The van der Waals surface area contributed by atoms with Crippen LogP contribution < -0.4 is 26.0 Å². The number of amides is 4. The van der Waals surface area contributed by atoms with Crippen LogP contribution >= 0.6 is 36.2 Å². The van der Waals surface area contributed by atoms with E-state index in [2.05, 4.69) is 60.7 Å². The molecule has 1 spiro atoms. The van der Waals surface area contributed by atoms with Gasteiger partial charge >= 0.3 is 5.51 Å². The Bertz CT molecular complexity index is 3510. The molecule has 25 heteroatoms. The normalized spacial score (nSPS) is 16.9. The number of carbonyl (C=O) groups is 6. The molecule has 4 aliphatic rings. The van der Waals surface area contributed by atoms with Gasteiger partial charge in [-0.15, -0.1) is 24.6 Å². The highest BCUT2D eigenvalue weighted by Crippen LogP contribution is 2.49. The minimum Gasteiger partial charge on any atom is -0.384 e. The topological polar surface area (TPSA) is 224 Å². The molecule has 2 unspecified atom stereocenters. The van der Waals surface area contributed by atoms with Crippen molar-refractivity contribution >= 4 is 105 Å². The predicted molar refractivity (Wildman–Crippen MR) is 363 cm³/mol. The number of ketones is 1. The summed E-state index contributed by atoms with van der Waals surface area (Å²) in [6.45, 7) is 10.4. The van der Waals surface area contributed by atoms with Gasteiger partial charge in [-0.25, -0.2) is 8.42 Å². The summed E-state index contributed by atoms with van der Waals surface area (Å²) in [6.07, 6.45) is 7.63. The van der Waals surface area contributed by atoms with Crippen LogP contribution in [0.25, 0.3) is 5.57 Å². The number of piperidine rings is 1. The van der Waals surface area contributed by atoms with E-state index in [1.807, 2.05) is 66.4 Å². The predicted octanol–water partition coefficient (Wildman–Crippen LogP) is 10.5. The van der Waals surface area contributed by atoms with E-state index >= 15 is 0 Å². The third-order valence-electron chi connectivity index (χ3n) is 18.1. The third-order valence-corrected chi connectivity index (χ3v) is 21.0. The summed E-state index contributed by atoms with van der Waals surface area (Å²) < 4.78 is 75.3. The smallest absolute Gasteiger partial charge is 0.384 e. The molecule has 9 rings (SSSR count). The number of benzene rings is 5. The maximum Gasteiger partial charge on any atom is 0.501 e. The van der Waals surface area contributed by atoms with Gasteiger partial charge in [-0.3, -0.25) is 49.0 Å². The van der Waals surface area contributed by atoms with Crippen molar-refractivity contribution < 1.29 is 55.1 Å². The Morgan fingerprint density at radius 2 is 1.51 bits per heavy atom. The lowest BCUT2D eigenvalue weighted by Crippen LogP contribution is -2.48. The molecule has 0 aromatic heterocycles. The number of rotatable bonds is 27. The number of thiol groups is 1. The van der Waals surface area contributed by atoms with Crippen LogP contribution in [0, 0.1) is 5.41 Å². The van der Waals surface area contributed by atoms with Gasteiger partial charge < -0.3 is 30.1 Å². The molecule has 3 heterocycles. The van der Waals surface area contributed by atoms with Gasteiger partial charge in [0.25, 0.3) is 15.7 Å². The average Bonchev–Trinajstić information content (AvgIpc) is 0.871. The van der Waals surface area contributed by atoms with Gasteiger partial charge in [-0.2, -0.15) is 13.2 Å². The molecule has 4 amide bonds. The Hall–Kier alpha value is -6.77. The van der Waals surface area contributed by atoms with Gasteiger partial charge in [0.2, 0.25) is 18.2 Å². The van der Waals surface area contributed by atoms with Crippen molar-refractivity contribution in [1.29, 1.82) is 0 Å². The lowest BCUT2D eigenvalue weighted by Gasteiger charge is -2.46. The van der Waals surface area contributed by atoms with Crippen molar-refractivity contribution in [3.63, 3.8) is 0 Å². The molecule has 0 radical (unpaired) electrons. The van der Waals surface area contributed by atoms with E-state index in [0.717, 1.165) is 74.0 Å². The van der Waals surface area contributed by atoms with E-state index in [-0.39, 0.29) is 45.7 Å². The molecule has 3 saturated heterocycles. The highest BCUT2D eigenvalue weighted by molar-refractivity contribution is 7.99. The molecule has 0 saturated carbocycles. The van der Waals surface area contributed by atoms with Crippen molar-refractivity contribution in [2.45, 2.75) is 98.5 Å². The van der Waals surface area contributed by atoms with Crippen molar-refractivity contribution in [3.05, 3.63) is 154 Å². The van der Waals surface area contributed by atoms with Crippen LogP contribution in [0.15, 0.2) is 131 Å². The van der Waals surface area contributed by atoms with Gasteiger partial charge in [0.15, 0.2) is 12.1 Å². The van der Waals surface area contributed by atoms with Gasteiger partial charge in [0.1, 0.15) is 6.04 Å². The Morgan fingerprint density at radius 1 is 0.817 bits per heavy atom. The number of likely N-dealkylation sites (tertiary alicyclic amines) is 1. The summed E-state index contributed by atoms with van der Waals surface area (Å²) in [7, 11) is -4.42. The summed E-state index contributed by atoms with van der Waals surface area (Å²) in [6, 6.07) is 31.5. The fraction of sp³-hybridized carbons (Fsp3) is 0.441. The molecular formula is C68H83ClF3N9O9S3. The maximum atomic E-state index is 14.4. The van der Waals surface area contributed by atoms with Crippen LogP contribution in [0.5, 0.6) is 0 Å². The number of nitrogens with one attached hydrogen (secondary N) is 3. The maximum absolute atomic E-state index is 14.4. The summed E-state index contributed by atoms with van der Waals surface area (Å²) in [5, 5.41) is 13.4. The minimum absolute atomic E-state index is 0.0301. The molecular weight excluding hydrogens is 1280 g/mol. The SMILES string of the molecule is CCCC(C(=O)NC=O)N(C)C(=O)c1cccc(NCCCC(=O)N2CCC3(CCC(c4ccc(Cl)cc4)=C(CN4CCN(c5ccc(C(=O)c6ccc(NC(CCN7CCOCC7)CSc7ccccc7)c(S(=O)(=O)C(F)(F)F)c6)cc5)CC4)C3)CC2)c1C=O.NS. The van der Waals surface area contributed by atoms with Gasteiger partial charge in [0.05, 0.1) is 34.9 Å². The van der Waals surface area contributed by atoms with Crippen molar-refractivity contribution in [1.82, 2.24) is 24.9 Å². The highest BCUT2D eigenvalue weighted by Gasteiger charge is 2.48. The number of likely N-dealkylation sites (N-methyl/N-ethyl adjacent to an activating group) is 1. The number of sulfone groups is 1. The zero-order valence-corrected chi connectivity index (χ0v) is 55.8. The van der Waals surface area contributed by atoms with Crippen LogP contribution in [-0.4, -0.2) is 180 Å². The Morgan fingerprint density at radius 3 is 2.16 bits per heavy atom. The van der Waals surface area contributed by atoms with E-state index in [4.69, 9.17) is 16.3 Å². The zero-order valence-electron chi connectivity index (χ0n) is 52.5. The number of ether oxygens (including phenoxy) is 1. The second-order valence-corrected chi connectivity index (χ2v) is 27.4. The number of anilines is 3. The number of aldehydes is 1. The van der Waals surface area contributed by atoms with Crippen LogP contribution in [-0.2, 0) is 29.0 Å².